The van der Waals surface area contributed by atoms with Crippen molar-refractivity contribution in [2.24, 2.45) is 0 Å². The Labute approximate surface area is 122 Å². The van der Waals surface area contributed by atoms with E-state index in [4.69, 9.17) is 0 Å². The van der Waals surface area contributed by atoms with Crippen LogP contribution in [0.15, 0.2) is 46.9 Å². The summed E-state index contributed by atoms with van der Waals surface area (Å²) < 4.78 is 0.0953. The minimum absolute atomic E-state index is 0.0811. The molecular formula is C13H9BrN2O4. The third-order valence-corrected chi connectivity index (χ3v) is 3.41. The fourth-order valence-electron chi connectivity index (χ4n) is 1.61. The van der Waals surface area contributed by atoms with Gasteiger partial charge in [0.15, 0.2) is 0 Å². The molecule has 2 rings (SSSR count). The predicted molar refractivity (Wildman–Crippen MR) is 76.9 cm³/mol. The molecule has 0 aliphatic rings. The maximum atomic E-state index is 12.1. The van der Waals surface area contributed by atoms with Crippen molar-refractivity contribution in [2.75, 3.05) is 5.32 Å². The lowest BCUT2D eigenvalue weighted by molar-refractivity contribution is -0.385. The highest BCUT2D eigenvalue weighted by atomic mass is 79.9. The van der Waals surface area contributed by atoms with E-state index in [0.717, 1.165) is 0 Å². The Balaban J connectivity index is 2.33. The van der Waals surface area contributed by atoms with Crippen molar-refractivity contribution in [2.45, 2.75) is 0 Å². The molecule has 0 saturated heterocycles. The van der Waals surface area contributed by atoms with Gasteiger partial charge < -0.3 is 10.4 Å². The molecule has 6 nitrogen and oxygen atoms in total. The van der Waals surface area contributed by atoms with Crippen LogP contribution in [0.3, 0.4) is 0 Å². The van der Waals surface area contributed by atoms with Crippen LogP contribution in [-0.4, -0.2) is 15.9 Å². The number of halogens is 1. The second kappa shape index (κ2) is 5.70. The van der Waals surface area contributed by atoms with Gasteiger partial charge in [0.1, 0.15) is 10.2 Å². The van der Waals surface area contributed by atoms with E-state index in [9.17, 15) is 20.0 Å². The molecule has 20 heavy (non-hydrogen) atoms. The van der Waals surface area contributed by atoms with Gasteiger partial charge in [-0.1, -0.05) is 18.2 Å². The molecule has 2 aromatic rings. The van der Waals surface area contributed by atoms with E-state index in [0.29, 0.717) is 0 Å². The number of carbonyl (C=O) groups is 1. The number of nitrogens with zero attached hydrogens (tertiary/aromatic N) is 1. The van der Waals surface area contributed by atoms with Gasteiger partial charge >= 0.3 is 0 Å². The predicted octanol–water partition coefficient (Wildman–Crippen LogP) is 3.32. The van der Waals surface area contributed by atoms with E-state index in [-0.39, 0.29) is 27.2 Å². The van der Waals surface area contributed by atoms with Gasteiger partial charge in [-0.15, -0.1) is 0 Å². The molecule has 0 heterocycles. The Kier molecular flexibility index (Phi) is 3.99. The van der Waals surface area contributed by atoms with Crippen molar-refractivity contribution in [3.8, 4) is 5.75 Å². The van der Waals surface area contributed by atoms with Gasteiger partial charge in [-0.2, -0.15) is 0 Å². The molecular weight excluding hydrogens is 328 g/mol. The third-order valence-electron chi connectivity index (χ3n) is 2.57. The monoisotopic (exact) mass is 336 g/mol. The highest BCUT2D eigenvalue weighted by Gasteiger charge is 2.19. The van der Waals surface area contributed by atoms with Crippen LogP contribution in [0, 0.1) is 10.1 Å². The van der Waals surface area contributed by atoms with Crippen LogP contribution in [0.5, 0.6) is 5.75 Å². The van der Waals surface area contributed by atoms with Gasteiger partial charge in [-0.25, -0.2) is 0 Å². The number of carbonyl (C=O) groups excluding carboxylic acids is 1. The summed E-state index contributed by atoms with van der Waals surface area (Å²) in [6, 6.07) is 10.4. The number of rotatable bonds is 3. The highest BCUT2D eigenvalue weighted by Crippen LogP contribution is 2.29. The van der Waals surface area contributed by atoms with Gasteiger partial charge in [-0.05, 0) is 34.1 Å². The zero-order valence-electron chi connectivity index (χ0n) is 10.0. The normalized spacial score (nSPS) is 10.1. The van der Waals surface area contributed by atoms with Gasteiger partial charge in [0.2, 0.25) is 0 Å². The van der Waals surface area contributed by atoms with Crippen LogP contribution in [0.4, 0.5) is 11.4 Å². The average Bonchev–Trinajstić information content (AvgIpc) is 2.41. The standard InChI is InChI=1S/C13H9BrN2O4/c14-12-8(4-3-6-10(12)16(19)20)13(18)15-9-5-1-2-7-11(9)17/h1-7,17H,(H,15,18). The number of nitro benzene ring substituents is 1. The maximum Gasteiger partial charge on any atom is 0.284 e. The molecule has 2 N–H and O–H groups in total. The summed E-state index contributed by atoms with van der Waals surface area (Å²) in [5.41, 5.74) is 0.147. The number of nitro groups is 1. The molecule has 0 saturated carbocycles. The average molecular weight is 337 g/mol. The Hall–Kier alpha value is -2.41. The first-order valence-corrected chi connectivity index (χ1v) is 6.32. The fourth-order valence-corrected chi connectivity index (χ4v) is 2.19. The number of benzene rings is 2. The molecule has 0 aliphatic heterocycles. The van der Waals surface area contributed by atoms with Crippen LogP contribution >= 0.6 is 15.9 Å². The van der Waals surface area contributed by atoms with Gasteiger partial charge in [0, 0.05) is 6.07 Å². The topological polar surface area (TPSA) is 92.5 Å². The molecule has 0 atom stereocenters. The molecule has 0 radical (unpaired) electrons. The summed E-state index contributed by atoms with van der Waals surface area (Å²) in [6.45, 7) is 0. The van der Waals surface area contributed by atoms with Crippen molar-refractivity contribution in [3.05, 3.63) is 62.6 Å². The summed E-state index contributed by atoms with van der Waals surface area (Å²) in [6.07, 6.45) is 0. The van der Waals surface area contributed by atoms with Crippen molar-refractivity contribution in [1.29, 1.82) is 0 Å². The molecule has 0 bridgehead atoms. The third kappa shape index (κ3) is 2.77. The molecule has 0 aromatic heterocycles. The van der Waals surface area contributed by atoms with Crippen molar-refractivity contribution >= 4 is 33.2 Å². The zero-order valence-corrected chi connectivity index (χ0v) is 11.6. The smallest absolute Gasteiger partial charge is 0.284 e. The first kappa shape index (κ1) is 14.0. The molecule has 0 aliphatic carbocycles. The molecule has 102 valence electrons. The minimum atomic E-state index is -0.582. The van der Waals surface area contributed by atoms with Gasteiger partial charge in [-0.3, -0.25) is 14.9 Å². The first-order valence-electron chi connectivity index (χ1n) is 5.53. The number of amides is 1. The lowest BCUT2D eigenvalue weighted by atomic mass is 10.2. The summed E-state index contributed by atoms with van der Waals surface area (Å²) in [7, 11) is 0. The second-order valence-electron chi connectivity index (χ2n) is 3.87. The Morgan fingerprint density at radius 1 is 1.20 bits per heavy atom. The number of aromatic hydroxyl groups is 1. The van der Waals surface area contributed by atoms with E-state index in [1.54, 1.807) is 12.1 Å². The maximum absolute atomic E-state index is 12.1. The van der Waals surface area contributed by atoms with E-state index < -0.39 is 10.8 Å². The molecule has 1 amide bonds. The Bertz CT molecular complexity index is 688. The first-order chi connectivity index (χ1) is 9.50. The number of phenols is 1. The van der Waals surface area contributed by atoms with Crippen molar-refractivity contribution in [1.82, 2.24) is 0 Å². The minimum Gasteiger partial charge on any atom is -0.506 e. The second-order valence-corrected chi connectivity index (χ2v) is 4.66. The number of nitrogens with one attached hydrogen (secondary N) is 1. The van der Waals surface area contributed by atoms with Crippen LogP contribution in [0.1, 0.15) is 10.4 Å². The quantitative estimate of drug-likeness (QED) is 0.510. The largest absolute Gasteiger partial charge is 0.506 e. The molecule has 2 aromatic carbocycles. The van der Waals surface area contributed by atoms with Crippen LogP contribution < -0.4 is 5.32 Å². The summed E-state index contributed by atoms with van der Waals surface area (Å²) >= 11 is 3.05. The van der Waals surface area contributed by atoms with Crippen molar-refractivity contribution in [3.63, 3.8) is 0 Å². The van der Waals surface area contributed by atoms with Gasteiger partial charge in [0.25, 0.3) is 11.6 Å². The number of hydrogen-bond donors (Lipinski definition) is 2. The van der Waals surface area contributed by atoms with E-state index in [2.05, 4.69) is 21.2 Å². The molecule has 0 fully saturated rings. The summed E-state index contributed by atoms with van der Waals surface area (Å²) in [5, 5.41) is 22.9. The Morgan fingerprint density at radius 2 is 1.90 bits per heavy atom. The zero-order chi connectivity index (χ0) is 14.7. The number of phenolic OH excluding ortho intramolecular Hbond substituents is 1. The molecule has 7 heteroatoms. The summed E-state index contributed by atoms with van der Waals surface area (Å²) in [4.78, 5) is 22.3. The summed E-state index contributed by atoms with van der Waals surface area (Å²) in [5.74, 6) is -0.635. The number of hydrogen-bond acceptors (Lipinski definition) is 4. The van der Waals surface area contributed by atoms with Crippen LogP contribution in [0.2, 0.25) is 0 Å². The number of anilines is 1. The lowest BCUT2D eigenvalue weighted by Gasteiger charge is -2.08. The molecule has 0 spiro atoms. The Morgan fingerprint density at radius 3 is 2.55 bits per heavy atom. The van der Waals surface area contributed by atoms with Gasteiger partial charge in [0.05, 0.1) is 16.2 Å². The molecule has 0 unspecified atom stereocenters. The SMILES string of the molecule is O=C(Nc1ccccc1O)c1cccc([N+](=O)[O-])c1Br. The fraction of sp³-hybridized carbons (Fsp3) is 0. The number of para-hydroxylation sites is 2. The lowest BCUT2D eigenvalue weighted by Crippen LogP contribution is -2.13. The van der Waals surface area contributed by atoms with E-state index in [1.807, 2.05) is 0 Å². The van der Waals surface area contributed by atoms with Crippen LogP contribution in [0.25, 0.3) is 0 Å². The van der Waals surface area contributed by atoms with E-state index >= 15 is 0 Å². The highest BCUT2D eigenvalue weighted by molar-refractivity contribution is 9.10. The van der Waals surface area contributed by atoms with E-state index in [1.165, 1.54) is 30.3 Å². The van der Waals surface area contributed by atoms with Crippen molar-refractivity contribution < 1.29 is 14.8 Å². The van der Waals surface area contributed by atoms with Crippen LogP contribution in [-0.2, 0) is 0 Å².